The van der Waals surface area contributed by atoms with Gasteiger partial charge in [-0.15, -0.1) is 0 Å². The lowest BCUT2D eigenvalue weighted by molar-refractivity contribution is 0.491. The van der Waals surface area contributed by atoms with Crippen LogP contribution in [0.1, 0.15) is 39.3 Å². The third-order valence-electron chi connectivity index (χ3n) is 2.63. The van der Waals surface area contributed by atoms with Crippen molar-refractivity contribution in [2.24, 2.45) is 0 Å². The molecule has 102 valence electrons. The molecule has 0 amide bonds. The SMILES string of the molecule is CC(C)(C)NS(=O)(=O)c1c[nH]c(CNC2CC2)c1. The summed E-state index contributed by atoms with van der Waals surface area (Å²) in [6.45, 7) is 6.17. The van der Waals surface area contributed by atoms with Crippen molar-refractivity contribution in [3.63, 3.8) is 0 Å². The summed E-state index contributed by atoms with van der Waals surface area (Å²) in [5, 5.41) is 3.34. The van der Waals surface area contributed by atoms with Crippen LogP contribution in [0.4, 0.5) is 0 Å². The maximum absolute atomic E-state index is 12.1. The molecule has 1 aliphatic carbocycles. The molecule has 1 aliphatic rings. The molecule has 0 radical (unpaired) electrons. The number of nitrogens with one attached hydrogen (secondary N) is 3. The minimum atomic E-state index is -3.43. The summed E-state index contributed by atoms with van der Waals surface area (Å²) in [6.07, 6.45) is 3.98. The fraction of sp³-hybridized carbons (Fsp3) is 0.667. The Bertz CT molecular complexity index is 510. The molecule has 0 aliphatic heterocycles. The van der Waals surface area contributed by atoms with Crippen molar-refractivity contribution in [2.45, 2.75) is 56.6 Å². The topological polar surface area (TPSA) is 74.0 Å². The highest BCUT2D eigenvalue weighted by Gasteiger charge is 2.24. The maximum Gasteiger partial charge on any atom is 0.242 e. The first-order valence-electron chi connectivity index (χ1n) is 6.21. The van der Waals surface area contributed by atoms with E-state index in [9.17, 15) is 8.42 Å². The van der Waals surface area contributed by atoms with Crippen LogP contribution >= 0.6 is 0 Å². The smallest absolute Gasteiger partial charge is 0.242 e. The summed E-state index contributed by atoms with van der Waals surface area (Å²) >= 11 is 0. The normalized spacial score (nSPS) is 17.1. The summed E-state index contributed by atoms with van der Waals surface area (Å²) in [7, 11) is -3.43. The number of sulfonamides is 1. The highest BCUT2D eigenvalue weighted by molar-refractivity contribution is 7.89. The van der Waals surface area contributed by atoms with E-state index in [4.69, 9.17) is 0 Å². The number of hydrogen-bond acceptors (Lipinski definition) is 3. The van der Waals surface area contributed by atoms with E-state index < -0.39 is 15.6 Å². The van der Waals surface area contributed by atoms with Gasteiger partial charge in [-0.2, -0.15) is 0 Å². The molecule has 0 bridgehead atoms. The average molecular weight is 271 g/mol. The van der Waals surface area contributed by atoms with Crippen LogP contribution in [-0.4, -0.2) is 25.0 Å². The summed E-state index contributed by atoms with van der Waals surface area (Å²) in [5.41, 5.74) is 0.430. The van der Waals surface area contributed by atoms with Crippen LogP contribution in [0.5, 0.6) is 0 Å². The van der Waals surface area contributed by atoms with Crippen LogP contribution in [0.2, 0.25) is 0 Å². The number of aromatic nitrogens is 1. The highest BCUT2D eigenvalue weighted by atomic mass is 32.2. The largest absolute Gasteiger partial charge is 0.363 e. The molecule has 3 N–H and O–H groups in total. The van der Waals surface area contributed by atoms with Gasteiger partial charge in [0, 0.05) is 30.0 Å². The standard InChI is InChI=1S/C12H21N3O2S/c1-12(2,3)15-18(16,17)11-6-10(14-8-11)7-13-9-4-5-9/h6,8-9,13-15H,4-5,7H2,1-3H3. The molecule has 0 saturated heterocycles. The van der Waals surface area contributed by atoms with Gasteiger partial charge in [0.15, 0.2) is 0 Å². The molecule has 6 heteroatoms. The van der Waals surface area contributed by atoms with Crippen molar-refractivity contribution in [3.8, 4) is 0 Å². The molecule has 1 heterocycles. The van der Waals surface area contributed by atoms with Crippen molar-refractivity contribution in [3.05, 3.63) is 18.0 Å². The molecular formula is C12H21N3O2S. The van der Waals surface area contributed by atoms with Gasteiger partial charge >= 0.3 is 0 Å². The fourth-order valence-corrected chi connectivity index (χ4v) is 3.12. The lowest BCUT2D eigenvalue weighted by Gasteiger charge is -2.19. The van der Waals surface area contributed by atoms with E-state index >= 15 is 0 Å². The van der Waals surface area contributed by atoms with E-state index in [1.54, 1.807) is 6.07 Å². The minimum absolute atomic E-state index is 0.296. The van der Waals surface area contributed by atoms with E-state index in [1.807, 2.05) is 20.8 Å². The quantitative estimate of drug-likeness (QED) is 0.756. The van der Waals surface area contributed by atoms with Gasteiger partial charge in [-0.05, 0) is 39.7 Å². The minimum Gasteiger partial charge on any atom is -0.363 e. The molecule has 1 fully saturated rings. The van der Waals surface area contributed by atoms with Crippen LogP contribution in [-0.2, 0) is 16.6 Å². The molecule has 0 aromatic carbocycles. The predicted molar refractivity (Wildman–Crippen MR) is 70.7 cm³/mol. The van der Waals surface area contributed by atoms with Gasteiger partial charge in [0.25, 0.3) is 0 Å². The third kappa shape index (κ3) is 3.83. The molecule has 2 rings (SSSR count). The molecule has 1 aromatic heterocycles. The van der Waals surface area contributed by atoms with Gasteiger partial charge in [-0.3, -0.25) is 0 Å². The average Bonchev–Trinajstić information content (AvgIpc) is 2.88. The summed E-state index contributed by atoms with van der Waals surface area (Å²) < 4.78 is 26.8. The van der Waals surface area contributed by atoms with E-state index in [0.29, 0.717) is 17.5 Å². The summed E-state index contributed by atoms with van der Waals surface area (Å²) in [5.74, 6) is 0. The van der Waals surface area contributed by atoms with Gasteiger partial charge < -0.3 is 10.3 Å². The number of aromatic amines is 1. The number of rotatable bonds is 5. The van der Waals surface area contributed by atoms with Crippen LogP contribution in [0, 0.1) is 0 Å². The Hall–Kier alpha value is -0.850. The van der Waals surface area contributed by atoms with E-state index in [0.717, 1.165) is 5.69 Å². The molecular weight excluding hydrogens is 250 g/mol. The fourth-order valence-electron chi connectivity index (χ4n) is 1.68. The Morgan fingerprint density at radius 2 is 2.06 bits per heavy atom. The summed E-state index contributed by atoms with van der Waals surface area (Å²) in [6, 6.07) is 2.30. The second-order valence-corrected chi connectivity index (χ2v) is 7.55. The van der Waals surface area contributed by atoms with Crippen molar-refractivity contribution in [1.82, 2.24) is 15.0 Å². The van der Waals surface area contributed by atoms with E-state index in [2.05, 4.69) is 15.0 Å². The van der Waals surface area contributed by atoms with Crippen molar-refractivity contribution >= 4 is 10.0 Å². The summed E-state index contributed by atoms with van der Waals surface area (Å²) in [4.78, 5) is 3.30. The zero-order valence-corrected chi connectivity index (χ0v) is 11.9. The number of hydrogen-bond donors (Lipinski definition) is 3. The number of H-pyrrole nitrogens is 1. The van der Waals surface area contributed by atoms with Gasteiger partial charge in [-0.25, -0.2) is 13.1 Å². The Labute approximate surface area is 108 Å². The van der Waals surface area contributed by atoms with Gasteiger partial charge in [0.05, 0.1) is 4.90 Å². The van der Waals surface area contributed by atoms with Crippen LogP contribution in [0.15, 0.2) is 17.2 Å². The van der Waals surface area contributed by atoms with Gasteiger partial charge in [0.2, 0.25) is 10.0 Å². The molecule has 0 spiro atoms. The highest BCUT2D eigenvalue weighted by Crippen LogP contribution is 2.20. The molecule has 0 unspecified atom stereocenters. The molecule has 18 heavy (non-hydrogen) atoms. The van der Waals surface area contributed by atoms with Gasteiger partial charge in [-0.1, -0.05) is 0 Å². The van der Waals surface area contributed by atoms with Crippen LogP contribution in [0.3, 0.4) is 0 Å². The molecule has 1 saturated carbocycles. The van der Waals surface area contributed by atoms with Crippen molar-refractivity contribution < 1.29 is 8.42 Å². The Kier molecular flexibility index (Phi) is 3.53. The lowest BCUT2D eigenvalue weighted by Crippen LogP contribution is -2.40. The van der Waals surface area contributed by atoms with Crippen LogP contribution < -0.4 is 10.0 Å². The Morgan fingerprint density at radius 1 is 1.39 bits per heavy atom. The maximum atomic E-state index is 12.1. The first-order valence-corrected chi connectivity index (χ1v) is 7.69. The second-order valence-electron chi connectivity index (χ2n) is 5.87. The second kappa shape index (κ2) is 4.68. The predicted octanol–water partition coefficient (Wildman–Crippen LogP) is 1.34. The van der Waals surface area contributed by atoms with E-state index in [-0.39, 0.29) is 0 Å². The lowest BCUT2D eigenvalue weighted by atomic mass is 10.1. The van der Waals surface area contributed by atoms with Crippen molar-refractivity contribution in [1.29, 1.82) is 0 Å². The first kappa shape index (κ1) is 13.6. The monoisotopic (exact) mass is 271 g/mol. The molecule has 5 nitrogen and oxygen atoms in total. The van der Waals surface area contributed by atoms with Gasteiger partial charge in [0.1, 0.15) is 0 Å². The zero-order valence-electron chi connectivity index (χ0n) is 11.1. The first-order chi connectivity index (χ1) is 8.26. The van der Waals surface area contributed by atoms with Crippen molar-refractivity contribution in [2.75, 3.05) is 0 Å². The Balaban J connectivity index is 2.03. The molecule has 0 atom stereocenters. The Morgan fingerprint density at radius 3 is 2.61 bits per heavy atom. The van der Waals surface area contributed by atoms with Crippen LogP contribution in [0.25, 0.3) is 0 Å². The third-order valence-corrected chi connectivity index (χ3v) is 4.36. The zero-order chi connectivity index (χ0) is 13.4. The van der Waals surface area contributed by atoms with E-state index in [1.165, 1.54) is 19.0 Å². The molecule has 1 aromatic rings.